The molecule has 15 heavy (non-hydrogen) atoms. The number of fused-ring (bicyclic) bond motifs is 1. The molecule has 0 atom stereocenters. The molecule has 0 saturated carbocycles. The molecule has 1 N–H and O–H groups in total. The van der Waals surface area contributed by atoms with Crippen molar-refractivity contribution in [2.75, 3.05) is 11.9 Å². The van der Waals surface area contributed by atoms with Gasteiger partial charge in [0.1, 0.15) is 0 Å². The molecule has 0 radical (unpaired) electrons. The fourth-order valence-electron chi connectivity index (χ4n) is 1.31. The predicted molar refractivity (Wildman–Crippen MR) is 64.1 cm³/mol. The molecular formula is C10H13BrN4. The third-order valence-electron chi connectivity index (χ3n) is 2.11. The van der Waals surface area contributed by atoms with Crippen molar-refractivity contribution in [3.8, 4) is 0 Å². The molecule has 2 heterocycles. The SMILES string of the molecule is CCCCNc1nc2ccc(Br)cn2n1. The third-order valence-corrected chi connectivity index (χ3v) is 2.58. The van der Waals surface area contributed by atoms with Crippen molar-refractivity contribution in [2.24, 2.45) is 0 Å². The molecule has 2 aromatic rings. The summed E-state index contributed by atoms with van der Waals surface area (Å²) in [4.78, 5) is 4.35. The molecule has 0 aliphatic rings. The molecule has 2 rings (SSSR count). The van der Waals surface area contributed by atoms with Gasteiger partial charge < -0.3 is 5.32 Å². The van der Waals surface area contributed by atoms with Crippen LogP contribution >= 0.6 is 15.9 Å². The van der Waals surface area contributed by atoms with Gasteiger partial charge in [0.2, 0.25) is 5.95 Å². The molecule has 0 fully saturated rings. The Bertz CT molecular complexity index is 452. The van der Waals surface area contributed by atoms with Crippen LogP contribution < -0.4 is 5.32 Å². The average molecular weight is 269 g/mol. The van der Waals surface area contributed by atoms with Crippen LogP contribution in [0.1, 0.15) is 19.8 Å². The smallest absolute Gasteiger partial charge is 0.243 e. The van der Waals surface area contributed by atoms with Crippen LogP contribution in [0.25, 0.3) is 5.65 Å². The molecule has 0 spiro atoms. The molecule has 2 aromatic heterocycles. The normalized spacial score (nSPS) is 10.8. The van der Waals surface area contributed by atoms with Crippen molar-refractivity contribution in [3.05, 3.63) is 22.8 Å². The van der Waals surface area contributed by atoms with Gasteiger partial charge in [0.25, 0.3) is 0 Å². The summed E-state index contributed by atoms with van der Waals surface area (Å²) in [7, 11) is 0. The van der Waals surface area contributed by atoms with E-state index >= 15 is 0 Å². The molecule has 0 unspecified atom stereocenters. The minimum absolute atomic E-state index is 0.696. The van der Waals surface area contributed by atoms with Crippen LogP contribution in [0.5, 0.6) is 0 Å². The zero-order valence-corrected chi connectivity index (χ0v) is 10.2. The minimum Gasteiger partial charge on any atom is -0.353 e. The van der Waals surface area contributed by atoms with Gasteiger partial charge in [-0.05, 0) is 34.5 Å². The Hall–Kier alpha value is -1.10. The highest BCUT2D eigenvalue weighted by molar-refractivity contribution is 9.10. The standard InChI is InChI=1S/C10H13BrN4/c1-2-3-6-12-10-13-9-5-4-8(11)7-15(9)14-10/h4-5,7H,2-3,6H2,1H3,(H,12,14). The second-order valence-corrected chi connectivity index (χ2v) is 4.28. The van der Waals surface area contributed by atoms with Crippen molar-refractivity contribution in [2.45, 2.75) is 19.8 Å². The monoisotopic (exact) mass is 268 g/mol. The lowest BCUT2D eigenvalue weighted by atomic mass is 10.3. The zero-order valence-electron chi connectivity index (χ0n) is 8.57. The minimum atomic E-state index is 0.696. The van der Waals surface area contributed by atoms with E-state index in [2.05, 4.69) is 38.3 Å². The van der Waals surface area contributed by atoms with E-state index in [-0.39, 0.29) is 0 Å². The lowest BCUT2D eigenvalue weighted by Gasteiger charge is -1.97. The van der Waals surface area contributed by atoms with Gasteiger partial charge in [0, 0.05) is 17.2 Å². The van der Waals surface area contributed by atoms with Gasteiger partial charge in [-0.2, -0.15) is 4.98 Å². The quantitative estimate of drug-likeness (QED) is 0.868. The van der Waals surface area contributed by atoms with Crippen molar-refractivity contribution in [1.82, 2.24) is 14.6 Å². The van der Waals surface area contributed by atoms with Gasteiger partial charge in [0.05, 0.1) is 0 Å². The number of pyridine rings is 1. The summed E-state index contributed by atoms with van der Waals surface area (Å²) in [6.45, 7) is 3.09. The first-order valence-corrected chi connectivity index (χ1v) is 5.84. The van der Waals surface area contributed by atoms with Gasteiger partial charge >= 0.3 is 0 Å². The number of aromatic nitrogens is 3. The highest BCUT2D eigenvalue weighted by atomic mass is 79.9. The topological polar surface area (TPSA) is 42.2 Å². The van der Waals surface area contributed by atoms with E-state index in [1.807, 2.05) is 18.3 Å². The second kappa shape index (κ2) is 4.61. The molecule has 4 nitrogen and oxygen atoms in total. The van der Waals surface area contributed by atoms with E-state index in [0.29, 0.717) is 5.95 Å². The number of hydrogen-bond donors (Lipinski definition) is 1. The van der Waals surface area contributed by atoms with Gasteiger partial charge in [-0.3, -0.25) is 0 Å². The fraction of sp³-hybridized carbons (Fsp3) is 0.400. The van der Waals surface area contributed by atoms with E-state index in [9.17, 15) is 0 Å². The zero-order chi connectivity index (χ0) is 10.7. The van der Waals surface area contributed by atoms with Gasteiger partial charge in [0.15, 0.2) is 5.65 Å². The summed E-state index contributed by atoms with van der Waals surface area (Å²) < 4.78 is 2.76. The summed E-state index contributed by atoms with van der Waals surface area (Å²) in [5, 5.41) is 7.51. The van der Waals surface area contributed by atoms with Crippen LogP contribution in [0.4, 0.5) is 5.95 Å². The molecule has 0 bridgehead atoms. The summed E-state index contributed by atoms with van der Waals surface area (Å²) in [6.07, 6.45) is 4.21. The number of rotatable bonds is 4. The first-order valence-electron chi connectivity index (χ1n) is 5.05. The molecular weight excluding hydrogens is 256 g/mol. The Kier molecular flexibility index (Phi) is 3.20. The highest BCUT2D eigenvalue weighted by Gasteiger charge is 2.01. The third kappa shape index (κ3) is 2.47. The largest absolute Gasteiger partial charge is 0.353 e. The number of halogens is 1. The van der Waals surface area contributed by atoms with Crippen molar-refractivity contribution >= 4 is 27.5 Å². The lowest BCUT2D eigenvalue weighted by Crippen LogP contribution is -2.02. The molecule has 0 saturated heterocycles. The summed E-state index contributed by atoms with van der Waals surface area (Å²) in [5.41, 5.74) is 0.859. The van der Waals surface area contributed by atoms with Crippen molar-refractivity contribution < 1.29 is 0 Å². The maximum atomic E-state index is 4.35. The molecule has 0 amide bonds. The van der Waals surface area contributed by atoms with Crippen LogP contribution in [0.15, 0.2) is 22.8 Å². The Morgan fingerprint density at radius 3 is 3.13 bits per heavy atom. The van der Waals surface area contributed by atoms with Crippen LogP contribution in [-0.4, -0.2) is 21.1 Å². The second-order valence-electron chi connectivity index (χ2n) is 3.37. The lowest BCUT2D eigenvalue weighted by molar-refractivity contribution is 0.824. The number of anilines is 1. The highest BCUT2D eigenvalue weighted by Crippen LogP contribution is 2.11. The Morgan fingerprint density at radius 2 is 2.33 bits per heavy atom. The predicted octanol–water partition coefficient (Wildman–Crippen LogP) is 2.70. The fourth-order valence-corrected chi connectivity index (χ4v) is 1.64. The van der Waals surface area contributed by atoms with Gasteiger partial charge in [-0.15, -0.1) is 5.10 Å². The first kappa shape index (κ1) is 10.4. The van der Waals surface area contributed by atoms with Gasteiger partial charge in [-0.1, -0.05) is 13.3 Å². The average Bonchev–Trinajstić information content (AvgIpc) is 2.60. The summed E-state index contributed by atoms with van der Waals surface area (Å²) in [6, 6.07) is 3.89. The number of nitrogens with zero attached hydrogens (tertiary/aromatic N) is 3. The van der Waals surface area contributed by atoms with E-state index < -0.39 is 0 Å². The van der Waals surface area contributed by atoms with Crippen LogP contribution in [0.2, 0.25) is 0 Å². The van der Waals surface area contributed by atoms with E-state index in [4.69, 9.17) is 0 Å². The van der Waals surface area contributed by atoms with E-state index in [0.717, 1.165) is 23.1 Å². The van der Waals surface area contributed by atoms with Crippen LogP contribution in [0.3, 0.4) is 0 Å². The summed E-state index contributed by atoms with van der Waals surface area (Å²) >= 11 is 3.40. The number of unbranched alkanes of at least 4 members (excludes halogenated alkanes) is 1. The molecule has 0 aliphatic carbocycles. The molecule has 5 heteroatoms. The van der Waals surface area contributed by atoms with Crippen LogP contribution in [0, 0.1) is 0 Å². The van der Waals surface area contributed by atoms with E-state index in [1.165, 1.54) is 6.42 Å². The Labute approximate surface area is 96.8 Å². The van der Waals surface area contributed by atoms with Crippen molar-refractivity contribution in [1.29, 1.82) is 0 Å². The molecule has 80 valence electrons. The molecule has 0 aliphatic heterocycles. The summed E-state index contributed by atoms with van der Waals surface area (Å²) in [5.74, 6) is 0.696. The van der Waals surface area contributed by atoms with Crippen LogP contribution in [-0.2, 0) is 0 Å². The van der Waals surface area contributed by atoms with E-state index in [1.54, 1.807) is 4.52 Å². The Balaban J connectivity index is 2.16. The molecule has 0 aromatic carbocycles. The number of nitrogens with one attached hydrogen (secondary N) is 1. The van der Waals surface area contributed by atoms with Crippen molar-refractivity contribution in [3.63, 3.8) is 0 Å². The maximum absolute atomic E-state index is 4.35. The Morgan fingerprint density at radius 1 is 1.47 bits per heavy atom. The maximum Gasteiger partial charge on any atom is 0.243 e. The first-order chi connectivity index (χ1) is 7.29. The number of hydrogen-bond acceptors (Lipinski definition) is 3. The van der Waals surface area contributed by atoms with Gasteiger partial charge in [-0.25, -0.2) is 4.52 Å².